The lowest BCUT2D eigenvalue weighted by Gasteiger charge is -2.59. The van der Waals surface area contributed by atoms with Crippen LogP contribution >= 0.6 is 0 Å². The first-order valence-electron chi connectivity index (χ1n) is 10.7. The number of carbonyl (C=O) groups is 2. The topological polar surface area (TPSA) is 63.6 Å². The van der Waals surface area contributed by atoms with Crippen molar-refractivity contribution in [2.75, 3.05) is 0 Å². The molecule has 2 unspecified atom stereocenters. The molecule has 0 amide bonds. The first kappa shape index (κ1) is 19.7. The van der Waals surface area contributed by atoms with Gasteiger partial charge in [-0.15, -0.1) is 0 Å². The van der Waals surface area contributed by atoms with Gasteiger partial charge in [0.05, 0.1) is 0 Å². The largest absolute Gasteiger partial charge is 0.481 e. The number of hydrogen-bond donors (Lipinski definition) is 1. The van der Waals surface area contributed by atoms with Gasteiger partial charge < -0.3 is 9.84 Å². The minimum atomic E-state index is -0.737. The molecule has 4 aliphatic carbocycles. The molecular formula is C22H36O4. The van der Waals surface area contributed by atoms with Gasteiger partial charge in [-0.3, -0.25) is 9.59 Å². The van der Waals surface area contributed by atoms with Crippen molar-refractivity contribution in [3.05, 3.63) is 0 Å². The number of carboxylic acid groups (broad SMARTS) is 1. The van der Waals surface area contributed by atoms with E-state index in [2.05, 4.69) is 20.8 Å². The van der Waals surface area contributed by atoms with Gasteiger partial charge in [-0.05, 0) is 87.4 Å². The zero-order chi connectivity index (χ0) is 18.9. The molecule has 0 aromatic heterocycles. The Morgan fingerprint density at radius 1 is 1.12 bits per heavy atom. The van der Waals surface area contributed by atoms with E-state index >= 15 is 0 Å². The average molecular weight is 365 g/mol. The average Bonchev–Trinajstić information content (AvgIpc) is 2.56. The molecule has 0 saturated heterocycles. The Morgan fingerprint density at radius 3 is 2.19 bits per heavy atom. The van der Waals surface area contributed by atoms with Gasteiger partial charge in [-0.25, -0.2) is 0 Å². The summed E-state index contributed by atoms with van der Waals surface area (Å²) in [4.78, 5) is 23.5. The summed E-state index contributed by atoms with van der Waals surface area (Å²) in [6.45, 7) is 6.41. The molecule has 26 heavy (non-hydrogen) atoms. The molecular weight excluding hydrogens is 328 g/mol. The number of carbonyl (C=O) groups excluding carboxylic acids is 1. The summed E-state index contributed by atoms with van der Waals surface area (Å²) in [5, 5.41) is 8.84. The van der Waals surface area contributed by atoms with Crippen molar-refractivity contribution in [2.24, 2.45) is 35.5 Å². The lowest BCUT2D eigenvalue weighted by atomic mass is 9.50. The summed E-state index contributed by atoms with van der Waals surface area (Å²) in [7, 11) is 0. The maximum absolute atomic E-state index is 12.7. The number of esters is 1. The molecule has 4 nitrogen and oxygen atoms in total. The van der Waals surface area contributed by atoms with Crippen molar-refractivity contribution in [1.29, 1.82) is 0 Å². The molecule has 4 aliphatic rings. The summed E-state index contributed by atoms with van der Waals surface area (Å²) in [6.07, 6.45) is 9.64. The van der Waals surface area contributed by atoms with Crippen molar-refractivity contribution in [3.63, 3.8) is 0 Å². The van der Waals surface area contributed by atoms with E-state index in [1.165, 1.54) is 32.1 Å². The maximum atomic E-state index is 12.7. The zero-order valence-corrected chi connectivity index (χ0v) is 16.7. The molecule has 4 bridgehead atoms. The summed E-state index contributed by atoms with van der Waals surface area (Å²) >= 11 is 0. The minimum absolute atomic E-state index is 0.0303. The van der Waals surface area contributed by atoms with Crippen molar-refractivity contribution in [3.8, 4) is 0 Å². The third-order valence-electron chi connectivity index (χ3n) is 7.71. The normalized spacial score (nSPS) is 37.3. The first-order chi connectivity index (χ1) is 12.3. The number of hydrogen-bond acceptors (Lipinski definition) is 3. The number of aliphatic carboxylic acids is 1. The monoisotopic (exact) mass is 364 g/mol. The van der Waals surface area contributed by atoms with E-state index < -0.39 is 5.97 Å². The molecule has 0 aromatic rings. The second kappa shape index (κ2) is 7.90. The van der Waals surface area contributed by atoms with E-state index in [0.29, 0.717) is 36.5 Å². The van der Waals surface area contributed by atoms with E-state index in [1.807, 2.05) is 0 Å². The van der Waals surface area contributed by atoms with Gasteiger partial charge in [0.2, 0.25) is 0 Å². The Kier molecular flexibility index (Phi) is 5.98. The second-order valence-electron chi connectivity index (χ2n) is 9.71. The number of rotatable bonds is 9. The molecule has 4 rings (SSSR count). The first-order valence-corrected chi connectivity index (χ1v) is 10.7. The van der Waals surface area contributed by atoms with Gasteiger partial charge in [0.25, 0.3) is 0 Å². The van der Waals surface area contributed by atoms with E-state index in [1.54, 1.807) is 0 Å². The minimum Gasteiger partial charge on any atom is -0.481 e. The zero-order valence-electron chi connectivity index (χ0n) is 16.7. The molecule has 0 aliphatic heterocycles. The summed E-state index contributed by atoms with van der Waals surface area (Å²) in [5.41, 5.74) is -0.238. The van der Waals surface area contributed by atoms with Crippen LogP contribution in [0.4, 0.5) is 0 Å². The van der Waals surface area contributed by atoms with Crippen LogP contribution in [0.1, 0.15) is 85.0 Å². The molecule has 148 valence electrons. The standard InChI is InChI=1S/C22H36O4/c1-4-15(7-14(2)5-6-20(23)24)13-21(25)26-22(3)18-9-16-8-17(11-18)12-19(22)10-16/h14-19H,4-13H2,1-3H3,(H,23,24). The third-order valence-corrected chi connectivity index (χ3v) is 7.71. The van der Waals surface area contributed by atoms with Crippen LogP contribution in [-0.2, 0) is 14.3 Å². The fraction of sp³-hybridized carbons (Fsp3) is 0.909. The summed E-state index contributed by atoms with van der Waals surface area (Å²) < 4.78 is 6.19. The number of carboxylic acids is 1. The van der Waals surface area contributed by atoms with Crippen LogP contribution in [0.3, 0.4) is 0 Å². The lowest BCUT2D eigenvalue weighted by Crippen LogP contribution is -2.58. The highest BCUT2D eigenvalue weighted by atomic mass is 16.6. The maximum Gasteiger partial charge on any atom is 0.306 e. The molecule has 4 heteroatoms. The predicted octanol–water partition coefficient (Wildman–Crippen LogP) is 5.05. The van der Waals surface area contributed by atoms with Crippen molar-refractivity contribution >= 4 is 11.9 Å². The van der Waals surface area contributed by atoms with Gasteiger partial charge in [0.15, 0.2) is 0 Å². The molecule has 1 N–H and O–H groups in total. The Morgan fingerprint density at radius 2 is 1.69 bits per heavy atom. The van der Waals surface area contributed by atoms with Gasteiger partial charge in [-0.1, -0.05) is 20.3 Å². The highest BCUT2D eigenvalue weighted by molar-refractivity contribution is 5.70. The van der Waals surface area contributed by atoms with Gasteiger partial charge in [-0.2, -0.15) is 0 Å². The number of ether oxygens (including phenoxy) is 1. The van der Waals surface area contributed by atoms with Crippen LogP contribution < -0.4 is 0 Å². The van der Waals surface area contributed by atoms with Crippen LogP contribution in [-0.4, -0.2) is 22.6 Å². The molecule has 4 saturated carbocycles. The SMILES string of the molecule is CCC(CC(=O)OC1(C)C2CC3CC(C2)CC1C3)CC(C)CCC(=O)O. The van der Waals surface area contributed by atoms with Crippen molar-refractivity contribution < 1.29 is 19.4 Å². The highest BCUT2D eigenvalue weighted by Gasteiger charge is 2.57. The molecule has 2 atom stereocenters. The van der Waals surface area contributed by atoms with Crippen molar-refractivity contribution in [2.45, 2.75) is 90.6 Å². The van der Waals surface area contributed by atoms with Crippen LogP contribution in [0.5, 0.6) is 0 Å². The smallest absolute Gasteiger partial charge is 0.306 e. The summed E-state index contributed by atoms with van der Waals surface area (Å²) in [5.74, 6) is 2.75. The Labute approximate surface area is 158 Å². The lowest BCUT2D eigenvalue weighted by molar-refractivity contribution is -0.204. The fourth-order valence-electron chi connectivity index (χ4n) is 6.26. The molecule has 0 spiro atoms. The van der Waals surface area contributed by atoms with E-state index in [4.69, 9.17) is 9.84 Å². The van der Waals surface area contributed by atoms with E-state index in [-0.39, 0.29) is 18.0 Å². The predicted molar refractivity (Wildman–Crippen MR) is 101 cm³/mol. The Balaban J connectivity index is 1.51. The molecule has 0 heterocycles. The third kappa shape index (κ3) is 4.26. The van der Waals surface area contributed by atoms with Crippen LogP contribution in [0, 0.1) is 35.5 Å². The van der Waals surface area contributed by atoms with Gasteiger partial charge >= 0.3 is 11.9 Å². The van der Waals surface area contributed by atoms with E-state index in [0.717, 1.165) is 24.7 Å². The quantitative estimate of drug-likeness (QED) is 0.581. The second-order valence-corrected chi connectivity index (χ2v) is 9.71. The van der Waals surface area contributed by atoms with Gasteiger partial charge in [0.1, 0.15) is 5.60 Å². The van der Waals surface area contributed by atoms with Crippen LogP contribution in [0.25, 0.3) is 0 Å². The van der Waals surface area contributed by atoms with Crippen molar-refractivity contribution in [1.82, 2.24) is 0 Å². The van der Waals surface area contributed by atoms with Crippen LogP contribution in [0.15, 0.2) is 0 Å². The Bertz CT molecular complexity index is 498. The highest BCUT2D eigenvalue weighted by Crippen LogP contribution is 2.59. The van der Waals surface area contributed by atoms with E-state index in [9.17, 15) is 9.59 Å². The Hall–Kier alpha value is -1.06. The molecule has 4 fully saturated rings. The summed E-state index contributed by atoms with van der Waals surface area (Å²) in [6, 6.07) is 0. The van der Waals surface area contributed by atoms with Crippen LogP contribution in [0.2, 0.25) is 0 Å². The molecule has 0 radical (unpaired) electrons. The van der Waals surface area contributed by atoms with Gasteiger partial charge in [0, 0.05) is 12.8 Å². The molecule has 0 aromatic carbocycles. The fourth-order valence-corrected chi connectivity index (χ4v) is 6.26.